The summed E-state index contributed by atoms with van der Waals surface area (Å²) in [5.74, 6) is 0.750. The van der Waals surface area contributed by atoms with Crippen LogP contribution in [0.15, 0.2) is 55.1 Å². The fraction of sp³-hybridized carbons (Fsp3) is 0.559. The van der Waals surface area contributed by atoms with Crippen molar-refractivity contribution in [2.24, 2.45) is 5.92 Å². The number of nitriles is 1. The van der Waals surface area contributed by atoms with Gasteiger partial charge in [-0.3, -0.25) is 0 Å². The molecule has 2 aromatic rings. The molecule has 1 aliphatic heterocycles. The van der Waals surface area contributed by atoms with Crippen LogP contribution in [0.3, 0.4) is 0 Å². The Morgan fingerprint density at radius 3 is 2.18 bits per heavy atom. The molecule has 1 aliphatic rings. The molecule has 1 saturated heterocycles. The molecule has 4 heteroatoms. The van der Waals surface area contributed by atoms with E-state index >= 15 is 0 Å². The monoisotopic (exact) mass is 517 g/mol. The van der Waals surface area contributed by atoms with E-state index in [2.05, 4.69) is 78.0 Å². The smallest absolute Gasteiger partial charge is 0.123 e. The van der Waals surface area contributed by atoms with Gasteiger partial charge in [0.25, 0.3) is 0 Å². The fourth-order valence-corrected chi connectivity index (χ4v) is 5.48. The summed E-state index contributed by atoms with van der Waals surface area (Å²) < 4.78 is 14.8. The van der Waals surface area contributed by atoms with Gasteiger partial charge in [-0.15, -0.1) is 0 Å². The number of hydrogen-bond donors (Lipinski definition) is 0. The molecule has 0 aliphatic carbocycles. The molecule has 38 heavy (non-hydrogen) atoms. The van der Waals surface area contributed by atoms with Crippen LogP contribution in [0.2, 0.25) is 0 Å². The van der Waals surface area contributed by atoms with Crippen molar-refractivity contribution in [3.8, 4) is 17.2 Å². The maximum atomic E-state index is 14.8. The number of unbranched alkanes of at least 4 members (excludes halogenated alkanes) is 3. The number of piperidine rings is 1. The highest BCUT2D eigenvalue weighted by atomic mass is 19.1. The van der Waals surface area contributed by atoms with Gasteiger partial charge in [-0.05, 0) is 92.6 Å². The predicted octanol–water partition coefficient (Wildman–Crippen LogP) is 8.51. The van der Waals surface area contributed by atoms with Crippen molar-refractivity contribution in [1.82, 2.24) is 9.80 Å². The predicted molar refractivity (Wildman–Crippen MR) is 160 cm³/mol. The topological polar surface area (TPSA) is 30.3 Å². The van der Waals surface area contributed by atoms with Crippen LogP contribution in [0.25, 0.3) is 16.8 Å². The molecule has 0 aromatic heterocycles. The highest BCUT2D eigenvalue weighted by Crippen LogP contribution is 2.28. The van der Waals surface area contributed by atoms with Crippen LogP contribution in [0, 0.1) is 17.2 Å². The van der Waals surface area contributed by atoms with Crippen molar-refractivity contribution in [1.29, 1.82) is 5.26 Å². The third-order valence-electron chi connectivity index (χ3n) is 8.57. The summed E-state index contributed by atoms with van der Waals surface area (Å²) in [5, 5.41) is 8.66. The first-order valence-corrected chi connectivity index (χ1v) is 14.8. The van der Waals surface area contributed by atoms with Crippen molar-refractivity contribution in [3.05, 3.63) is 66.2 Å². The van der Waals surface area contributed by atoms with Crippen LogP contribution < -0.4 is 0 Å². The summed E-state index contributed by atoms with van der Waals surface area (Å²) in [7, 11) is 2.09. The maximum absolute atomic E-state index is 14.8. The quantitative estimate of drug-likeness (QED) is 0.222. The third-order valence-corrected chi connectivity index (χ3v) is 8.57. The lowest BCUT2D eigenvalue weighted by Crippen LogP contribution is -2.43. The summed E-state index contributed by atoms with van der Waals surface area (Å²) in [6, 6.07) is 20.0. The number of benzene rings is 2. The van der Waals surface area contributed by atoms with Crippen molar-refractivity contribution in [3.63, 3.8) is 0 Å². The molecule has 206 valence electrons. The van der Waals surface area contributed by atoms with Crippen LogP contribution in [0.5, 0.6) is 0 Å². The van der Waals surface area contributed by atoms with Crippen LogP contribution in [-0.2, 0) is 6.42 Å². The molecule has 1 fully saturated rings. The largest absolute Gasteiger partial charge is 0.375 e. The maximum Gasteiger partial charge on any atom is 0.123 e. The van der Waals surface area contributed by atoms with Gasteiger partial charge in [0, 0.05) is 32.3 Å². The normalized spacial score (nSPS) is 14.8. The zero-order chi connectivity index (χ0) is 27.4. The van der Waals surface area contributed by atoms with E-state index in [0.29, 0.717) is 25.8 Å². The molecule has 2 aromatic carbocycles. The molecular formula is C34H48FN3. The average Bonchev–Trinajstić information content (AvgIpc) is 2.96. The second-order valence-electron chi connectivity index (χ2n) is 11.2. The van der Waals surface area contributed by atoms with Gasteiger partial charge >= 0.3 is 0 Å². The molecule has 0 radical (unpaired) electrons. The number of halogens is 1. The van der Waals surface area contributed by atoms with Crippen molar-refractivity contribution >= 4 is 5.70 Å². The molecule has 3 nitrogen and oxygen atoms in total. The Bertz CT molecular complexity index is 1010. The van der Waals surface area contributed by atoms with Crippen LogP contribution in [0.1, 0.15) is 82.8 Å². The van der Waals surface area contributed by atoms with Crippen LogP contribution in [0.4, 0.5) is 4.39 Å². The summed E-state index contributed by atoms with van der Waals surface area (Å²) in [4.78, 5) is 4.56. The van der Waals surface area contributed by atoms with E-state index in [1.165, 1.54) is 36.0 Å². The summed E-state index contributed by atoms with van der Waals surface area (Å²) >= 11 is 0. The lowest BCUT2D eigenvalue weighted by Gasteiger charge is -2.36. The Morgan fingerprint density at radius 2 is 1.61 bits per heavy atom. The molecule has 0 saturated carbocycles. The van der Waals surface area contributed by atoms with Crippen LogP contribution >= 0.6 is 0 Å². The standard InChI is InChI=1S/C34H48FN3/c1-5-34(35,6-2)27-38-25-21-30(22-26-38)12-11-29-13-15-32(16-14-29)33-19-17-31(18-20-33)28(3)37(4)24-10-8-7-9-23-36/h13-20,30H,3,5-12,21-22,24-27H2,1-2,4H3. The van der Waals surface area contributed by atoms with Gasteiger partial charge in [-0.25, -0.2) is 4.39 Å². The molecule has 0 atom stereocenters. The highest BCUT2D eigenvalue weighted by Gasteiger charge is 2.30. The molecule has 0 spiro atoms. The van der Waals surface area contributed by atoms with Gasteiger partial charge in [0.05, 0.1) is 6.07 Å². The molecule has 0 unspecified atom stereocenters. The Morgan fingerprint density at radius 1 is 1.00 bits per heavy atom. The first kappa shape index (κ1) is 29.9. The van der Waals surface area contributed by atoms with E-state index < -0.39 is 5.67 Å². The lowest BCUT2D eigenvalue weighted by atomic mass is 9.89. The van der Waals surface area contributed by atoms with Gasteiger partial charge in [-0.2, -0.15) is 5.26 Å². The van der Waals surface area contributed by atoms with E-state index in [-0.39, 0.29) is 0 Å². The molecule has 0 bridgehead atoms. The third kappa shape index (κ3) is 8.98. The van der Waals surface area contributed by atoms with E-state index in [0.717, 1.165) is 62.5 Å². The van der Waals surface area contributed by atoms with E-state index in [4.69, 9.17) is 5.26 Å². The minimum absolute atomic E-state index is 0.601. The first-order chi connectivity index (χ1) is 18.4. The highest BCUT2D eigenvalue weighted by molar-refractivity contribution is 5.69. The Kier molecular flexibility index (Phi) is 11.9. The van der Waals surface area contributed by atoms with Crippen LogP contribution in [-0.4, -0.2) is 48.7 Å². The fourth-order valence-electron chi connectivity index (χ4n) is 5.48. The average molecular weight is 518 g/mol. The van der Waals surface area contributed by atoms with Gasteiger partial charge in [-0.1, -0.05) is 75.4 Å². The van der Waals surface area contributed by atoms with Crippen molar-refractivity contribution in [2.45, 2.75) is 83.7 Å². The second-order valence-corrected chi connectivity index (χ2v) is 11.2. The number of aryl methyl sites for hydroxylation is 1. The molecule has 0 amide bonds. The number of likely N-dealkylation sites (tertiary alicyclic amines) is 1. The Labute approximate surface area is 231 Å². The first-order valence-electron chi connectivity index (χ1n) is 14.8. The van der Waals surface area contributed by atoms with E-state index in [9.17, 15) is 4.39 Å². The summed E-state index contributed by atoms with van der Waals surface area (Å²) in [6.45, 7) is 11.9. The van der Waals surface area contributed by atoms with E-state index in [1.807, 2.05) is 13.8 Å². The summed E-state index contributed by atoms with van der Waals surface area (Å²) in [5.41, 5.74) is 5.04. The molecule has 0 N–H and O–H groups in total. The zero-order valence-corrected chi connectivity index (χ0v) is 24.0. The van der Waals surface area contributed by atoms with E-state index in [1.54, 1.807) is 0 Å². The zero-order valence-electron chi connectivity index (χ0n) is 24.0. The summed E-state index contributed by atoms with van der Waals surface area (Å²) in [6.07, 6.45) is 9.73. The van der Waals surface area contributed by atoms with Gasteiger partial charge in [0.1, 0.15) is 5.67 Å². The molecular weight excluding hydrogens is 469 g/mol. The van der Waals surface area contributed by atoms with Gasteiger partial charge in [0.15, 0.2) is 0 Å². The number of nitrogens with zero attached hydrogens (tertiary/aromatic N) is 3. The van der Waals surface area contributed by atoms with Gasteiger partial charge < -0.3 is 9.80 Å². The Balaban J connectivity index is 1.43. The molecule has 3 rings (SSSR count). The SMILES string of the molecule is C=C(c1ccc(-c2ccc(CCC3CCN(CC(F)(CC)CC)CC3)cc2)cc1)N(C)CCCCCC#N. The minimum Gasteiger partial charge on any atom is -0.375 e. The Hall–Kier alpha value is -2.64. The minimum atomic E-state index is -1.02. The molecule has 1 heterocycles. The number of hydrogen-bond acceptors (Lipinski definition) is 3. The number of rotatable bonds is 15. The van der Waals surface area contributed by atoms with Crippen molar-refractivity contribution in [2.75, 3.05) is 33.2 Å². The van der Waals surface area contributed by atoms with Crippen molar-refractivity contribution < 1.29 is 4.39 Å². The second kappa shape index (κ2) is 15.1. The number of alkyl halides is 1. The lowest BCUT2D eigenvalue weighted by molar-refractivity contribution is 0.0628. The van der Waals surface area contributed by atoms with Gasteiger partial charge in [0.2, 0.25) is 0 Å².